The van der Waals surface area contributed by atoms with Crippen LogP contribution < -0.4 is 0 Å². The molecular weight excluding hydrogens is 431 g/mol. The van der Waals surface area contributed by atoms with Crippen molar-refractivity contribution in [3.63, 3.8) is 0 Å². The molecule has 4 heteroatoms. The van der Waals surface area contributed by atoms with E-state index in [1.165, 1.54) is 17.7 Å². The van der Waals surface area contributed by atoms with E-state index >= 15 is 0 Å². The third kappa shape index (κ3) is 4.89. The molecule has 0 atom stereocenters. The Balaban J connectivity index is 1.52. The molecule has 2 nitrogen and oxygen atoms in total. The van der Waals surface area contributed by atoms with Gasteiger partial charge in [-0.2, -0.15) is 0 Å². The summed E-state index contributed by atoms with van der Waals surface area (Å²) in [5.41, 5.74) is 6.57. The van der Waals surface area contributed by atoms with E-state index in [1.54, 1.807) is 0 Å². The van der Waals surface area contributed by atoms with Crippen molar-refractivity contribution < 1.29 is 4.39 Å². The Labute approximate surface area is 197 Å². The first kappa shape index (κ1) is 21.2. The SMILES string of the molecule is Fc1ccc(-c2ccc3c(c2)c(C=NCc2ccc(Cl)cc2)cn3Cc2ccccc2)cc1. The molecule has 162 valence electrons. The molecule has 0 saturated carbocycles. The minimum absolute atomic E-state index is 0.233. The Morgan fingerprint density at radius 1 is 0.788 bits per heavy atom. The second-order valence-electron chi connectivity index (χ2n) is 8.03. The van der Waals surface area contributed by atoms with Crippen LogP contribution in [0.2, 0.25) is 5.02 Å². The van der Waals surface area contributed by atoms with Gasteiger partial charge in [0, 0.05) is 40.4 Å². The molecule has 0 aliphatic rings. The van der Waals surface area contributed by atoms with Crippen LogP contribution in [0, 0.1) is 5.82 Å². The summed E-state index contributed by atoms with van der Waals surface area (Å²) in [6, 6.07) is 31.1. The summed E-state index contributed by atoms with van der Waals surface area (Å²) in [6.45, 7) is 1.36. The van der Waals surface area contributed by atoms with Crippen LogP contribution in [0.5, 0.6) is 0 Å². The van der Waals surface area contributed by atoms with Gasteiger partial charge in [-0.25, -0.2) is 4.39 Å². The van der Waals surface area contributed by atoms with E-state index in [9.17, 15) is 4.39 Å². The maximum atomic E-state index is 13.4. The van der Waals surface area contributed by atoms with Crippen molar-refractivity contribution in [2.45, 2.75) is 13.1 Å². The van der Waals surface area contributed by atoms with E-state index in [1.807, 2.05) is 48.7 Å². The smallest absolute Gasteiger partial charge is 0.123 e. The van der Waals surface area contributed by atoms with Gasteiger partial charge in [0.15, 0.2) is 0 Å². The lowest BCUT2D eigenvalue weighted by molar-refractivity contribution is 0.628. The minimum Gasteiger partial charge on any atom is -0.342 e. The topological polar surface area (TPSA) is 17.3 Å². The summed E-state index contributed by atoms with van der Waals surface area (Å²) < 4.78 is 15.7. The number of nitrogens with zero attached hydrogens (tertiary/aromatic N) is 2. The van der Waals surface area contributed by atoms with Crippen LogP contribution in [0.15, 0.2) is 108 Å². The predicted molar refractivity (Wildman–Crippen MR) is 136 cm³/mol. The molecule has 1 heterocycles. The van der Waals surface area contributed by atoms with Crippen LogP contribution >= 0.6 is 11.6 Å². The van der Waals surface area contributed by atoms with Crippen LogP contribution in [0.25, 0.3) is 22.0 Å². The second-order valence-corrected chi connectivity index (χ2v) is 8.47. The van der Waals surface area contributed by atoms with Gasteiger partial charge in [-0.05, 0) is 58.7 Å². The van der Waals surface area contributed by atoms with Crippen molar-refractivity contribution in [1.82, 2.24) is 4.57 Å². The molecule has 0 saturated heterocycles. The largest absolute Gasteiger partial charge is 0.342 e. The first-order chi connectivity index (χ1) is 16.2. The number of hydrogen-bond acceptors (Lipinski definition) is 1. The molecule has 0 amide bonds. The standard InChI is InChI=1S/C29H22ClFN2/c30-26-11-6-21(7-12-26)17-32-18-25-20-33(19-22-4-2-1-3-5-22)29-15-10-24(16-28(25)29)23-8-13-27(31)14-9-23/h1-16,18,20H,17,19H2. The lowest BCUT2D eigenvalue weighted by atomic mass is 10.0. The van der Waals surface area contributed by atoms with Crippen molar-refractivity contribution in [1.29, 1.82) is 0 Å². The first-order valence-electron chi connectivity index (χ1n) is 10.8. The van der Waals surface area contributed by atoms with Gasteiger partial charge >= 0.3 is 0 Å². The lowest BCUT2D eigenvalue weighted by Crippen LogP contribution is -1.97. The van der Waals surface area contributed by atoms with Crippen molar-refractivity contribution in [3.05, 3.63) is 131 Å². The van der Waals surface area contributed by atoms with Crippen molar-refractivity contribution in [2.24, 2.45) is 4.99 Å². The van der Waals surface area contributed by atoms with Crippen molar-refractivity contribution in [3.8, 4) is 11.1 Å². The summed E-state index contributed by atoms with van der Waals surface area (Å²) in [5, 5.41) is 1.84. The van der Waals surface area contributed by atoms with Gasteiger partial charge in [-0.3, -0.25) is 4.99 Å². The van der Waals surface area contributed by atoms with Crippen LogP contribution in [0.3, 0.4) is 0 Å². The normalized spacial score (nSPS) is 11.5. The summed E-state index contributed by atoms with van der Waals surface area (Å²) in [4.78, 5) is 4.70. The highest BCUT2D eigenvalue weighted by Crippen LogP contribution is 2.28. The fourth-order valence-corrected chi connectivity index (χ4v) is 4.13. The highest BCUT2D eigenvalue weighted by molar-refractivity contribution is 6.30. The third-order valence-electron chi connectivity index (χ3n) is 5.70. The maximum absolute atomic E-state index is 13.4. The Kier molecular flexibility index (Phi) is 6.05. The molecule has 0 spiro atoms. The van der Waals surface area contributed by atoms with Crippen LogP contribution in [-0.4, -0.2) is 10.8 Å². The summed E-state index contributed by atoms with van der Waals surface area (Å²) in [7, 11) is 0. The molecule has 0 aliphatic heterocycles. The van der Waals surface area contributed by atoms with Gasteiger partial charge in [0.05, 0.1) is 6.54 Å². The van der Waals surface area contributed by atoms with E-state index in [2.05, 4.69) is 53.2 Å². The van der Waals surface area contributed by atoms with E-state index < -0.39 is 0 Å². The number of aromatic nitrogens is 1. The van der Waals surface area contributed by atoms with Crippen LogP contribution in [-0.2, 0) is 13.1 Å². The highest BCUT2D eigenvalue weighted by Gasteiger charge is 2.10. The van der Waals surface area contributed by atoms with Crippen molar-refractivity contribution >= 4 is 28.7 Å². The zero-order valence-electron chi connectivity index (χ0n) is 18.0. The van der Waals surface area contributed by atoms with Gasteiger partial charge in [-0.15, -0.1) is 0 Å². The fraction of sp³-hybridized carbons (Fsp3) is 0.0690. The first-order valence-corrected chi connectivity index (χ1v) is 11.2. The average molecular weight is 453 g/mol. The molecule has 5 rings (SSSR count). The number of aliphatic imine (C=N–C) groups is 1. The zero-order valence-corrected chi connectivity index (χ0v) is 18.7. The molecule has 5 aromatic rings. The Hall–Kier alpha value is -3.69. The van der Waals surface area contributed by atoms with E-state index in [-0.39, 0.29) is 5.82 Å². The van der Waals surface area contributed by atoms with Gasteiger partial charge in [0.2, 0.25) is 0 Å². The molecule has 0 fully saturated rings. The third-order valence-corrected chi connectivity index (χ3v) is 5.95. The number of fused-ring (bicyclic) bond motifs is 1. The molecule has 0 unspecified atom stereocenters. The van der Waals surface area contributed by atoms with Crippen molar-refractivity contribution in [2.75, 3.05) is 0 Å². The molecule has 4 aromatic carbocycles. The number of rotatable bonds is 6. The maximum Gasteiger partial charge on any atom is 0.123 e. The van der Waals surface area contributed by atoms with Gasteiger partial charge in [-0.1, -0.05) is 72.3 Å². The summed E-state index contributed by atoms with van der Waals surface area (Å²) in [6.07, 6.45) is 4.09. The monoisotopic (exact) mass is 452 g/mol. The second kappa shape index (κ2) is 9.43. The fourth-order valence-electron chi connectivity index (χ4n) is 4.00. The summed E-state index contributed by atoms with van der Waals surface area (Å²) in [5.74, 6) is -0.233. The Bertz CT molecular complexity index is 1400. The molecule has 0 bridgehead atoms. The van der Waals surface area contributed by atoms with Gasteiger partial charge < -0.3 is 4.57 Å². The molecule has 33 heavy (non-hydrogen) atoms. The molecule has 1 aromatic heterocycles. The number of benzene rings is 4. The van der Waals surface area contributed by atoms with Crippen LogP contribution in [0.1, 0.15) is 16.7 Å². The quantitative estimate of drug-likeness (QED) is 0.234. The number of halogens is 2. The van der Waals surface area contributed by atoms with Gasteiger partial charge in [0.25, 0.3) is 0 Å². The molecular formula is C29H22ClFN2. The van der Waals surface area contributed by atoms with E-state index in [0.29, 0.717) is 6.54 Å². The van der Waals surface area contributed by atoms with E-state index in [4.69, 9.17) is 16.6 Å². The molecule has 0 aliphatic carbocycles. The average Bonchev–Trinajstić information content (AvgIpc) is 3.18. The van der Waals surface area contributed by atoms with Crippen LogP contribution in [0.4, 0.5) is 4.39 Å². The predicted octanol–water partition coefficient (Wildman–Crippen LogP) is 7.77. The van der Waals surface area contributed by atoms with Gasteiger partial charge in [0.1, 0.15) is 5.82 Å². The number of hydrogen-bond donors (Lipinski definition) is 0. The molecule has 0 radical (unpaired) electrons. The molecule has 0 N–H and O–H groups in total. The highest BCUT2D eigenvalue weighted by atomic mass is 35.5. The van der Waals surface area contributed by atoms with E-state index in [0.717, 1.165) is 44.7 Å². The Morgan fingerprint density at radius 3 is 2.27 bits per heavy atom. The Morgan fingerprint density at radius 2 is 1.52 bits per heavy atom. The lowest BCUT2D eigenvalue weighted by Gasteiger charge is -2.07. The summed E-state index contributed by atoms with van der Waals surface area (Å²) >= 11 is 5.99. The minimum atomic E-state index is -0.233. The zero-order chi connectivity index (χ0) is 22.6.